The molecule has 0 unspecified atom stereocenters. The van der Waals surface area contributed by atoms with Crippen LogP contribution in [0, 0.1) is 6.92 Å². The highest BCUT2D eigenvalue weighted by Gasteiger charge is 2.27. The molecule has 0 aliphatic carbocycles. The van der Waals surface area contributed by atoms with Crippen LogP contribution in [-0.2, 0) is 19.5 Å². The van der Waals surface area contributed by atoms with E-state index < -0.39 is 22.2 Å². The summed E-state index contributed by atoms with van der Waals surface area (Å²) in [5.74, 6) is -0.417. The minimum atomic E-state index is -4.01. The van der Waals surface area contributed by atoms with Gasteiger partial charge in [-0.2, -0.15) is 0 Å². The Morgan fingerprint density at radius 2 is 2.14 bits per heavy atom. The van der Waals surface area contributed by atoms with Crippen LogP contribution in [0.2, 0.25) is 0 Å². The Kier molecular flexibility index (Phi) is 4.00. The first-order valence-electron chi connectivity index (χ1n) is 6.27. The number of ether oxygens (including phenoxy) is 2. The number of sulfonamides is 1. The van der Waals surface area contributed by atoms with Gasteiger partial charge in [-0.25, -0.2) is 18.1 Å². The van der Waals surface area contributed by atoms with Crippen LogP contribution in [0.3, 0.4) is 0 Å². The largest absolute Gasteiger partial charge is 0.469 e. The second-order valence-electron chi connectivity index (χ2n) is 4.42. The molecule has 0 aromatic carbocycles. The number of thiazole rings is 1. The molecule has 3 rings (SSSR count). The molecule has 118 valence electrons. The van der Waals surface area contributed by atoms with Gasteiger partial charge in [-0.3, -0.25) is 4.79 Å². The molecule has 8 nitrogen and oxygen atoms in total. The average Bonchev–Trinajstić information content (AvgIpc) is 3.19. The summed E-state index contributed by atoms with van der Waals surface area (Å²) in [7, 11) is -4.01. The number of aryl methyl sites for hydroxylation is 1. The molecule has 1 fully saturated rings. The first kappa shape index (κ1) is 15.2. The van der Waals surface area contributed by atoms with Crippen molar-refractivity contribution < 1.29 is 27.1 Å². The van der Waals surface area contributed by atoms with E-state index in [0.717, 1.165) is 11.3 Å². The maximum atomic E-state index is 12.2. The molecule has 1 amide bonds. The van der Waals surface area contributed by atoms with Crippen molar-refractivity contribution in [2.75, 3.05) is 13.2 Å². The monoisotopic (exact) mass is 344 g/mol. The van der Waals surface area contributed by atoms with Crippen LogP contribution in [0.5, 0.6) is 0 Å². The zero-order valence-corrected chi connectivity index (χ0v) is 13.1. The normalized spacial score (nSPS) is 16.0. The zero-order valence-electron chi connectivity index (χ0n) is 11.4. The van der Waals surface area contributed by atoms with Crippen LogP contribution in [-0.4, -0.2) is 32.5 Å². The lowest BCUT2D eigenvalue weighted by molar-refractivity contribution is -0.0442. The summed E-state index contributed by atoms with van der Waals surface area (Å²) in [5, 5.41) is 0.393. The van der Waals surface area contributed by atoms with E-state index in [-0.39, 0.29) is 9.77 Å². The zero-order chi connectivity index (χ0) is 15.7. The molecule has 0 saturated carbocycles. The number of hydrogen-bond donors (Lipinski definition) is 1. The second kappa shape index (κ2) is 5.80. The Morgan fingerprint density at radius 3 is 2.77 bits per heavy atom. The third-order valence-electron chi connectivity index (χ3n) is 2.92. The fourth-order valence-corrected chi connectivity index (χ4v) is 3.97. The third kappa shape index (κ3) is 2.90. The Bertz CT molecular complexity index is 788. The van der Waals surface area contributed by atoms with Crippen molar-refractivity contribution >= 4 is 27.3 Å². The fraction of sp³-hybridized carbons (Fsp3) is 0.333. The van der Waals surface area contributed by atoms with Crippen LogP contribution < -0.4 is 4.72 Å². The van der Waals surface area contributed by atoms with Crippen molar-refractivity contribution in [3.8, 4) is 0 Å². The van der Waals surface area contributed by atoms with Crippen LogP contribution in [0.4, 0.5) is 0 Å². The molecule has 2 aromatic heterocycles. The standard InChI is InChI=1S/C12H12N2O6S2/c1-7-8(2-3-18-7)10(15)14-22(16,17)9-6-13-11(21-9)12-19-4-5-20-12/h2-3,6,12H,4-5H2,1H3,(H,14,15). The van der Waals surface area contributed by atoms with E-state index in [1.165, 1.54) is 18.5 Å². The highest BCUT2D eigenvalue weighted by Crippen LogP contribution is 2.29. The number of rotatable bonds is 4. The smallest absolute Gasteiger partial charge is 0.275 e. The van der Waals surface area contributed by atoms with Gasteiger partial charge in [0.1, 0.15) is 5.76 Å². The summed E-state index contributed by atoms with van der Waals surface area (Å²) < 4.78 is 41.8. The molecule has 0 radical (unpaired) electrons. The molecule has 1 saturated heterocycles. The van der Waals surface area contributed by atoms with E-state index in [1.54, 1.807) is 6.92 Å². The molecule has 1 aliphatic heterocycles. The fourth-order valence-electron chi connectivity index (χ4n) is 1.85. The van der Waals surface area contributed by atoms with E-state index >= 15 is 0 Å². The topological polar surface area (TPSA) is 108 Å². The molecule has 2 aromatic rings. The molecule has 0 spiro atoms. The van der Waals surface area contributed by atoms with Gasteiger partial charge in [-0.15, -0.1) is 11.3 Å². The van der Waals surface area contributed by atoms with Crippen molar-refractivity contribution in [3.05, 3.63) is 34.9 Å². The van der Waals surface area contributed by atoms with E-state index in [9.17, 15) is 13.2 Å². The Balaban J connectivity index is 1.78. The summed E-state index contributed by atoms with van der Waals surface area (Å²) >= 11 is 0.893. The number of carbonyl (C=O) groups excluding carboxylic acids is 1. The van der Waals surface area contributed by atoms with E-state index in [1.807, 2.05) is 4.72 Å². The first-order chi connectivity index (χ1) is 10.5. The van der Waals surface area contributed by atoms with E-state index in [4.69, 9.17) is 13.9 Å². The van der Waals surface area contributed by atoms with E-state index in [0.29, 0.717) is 24.0 Å². The minimum Gasteiger partial charge on any atom is -0.469 e. The van der Waals surface area contributed by atoms with Crippen molar-refractivity contribution in [2.45, 2.75) is 17.4 Å². The number of nitrogens with one attached hydrogen (secondary N) is 1. The van der Waals surface area contributed by atoms with Crippen LogP contribution in [0.25, 0.3) is 0 Å². The number of aromatic nitrogens is 1. The predicted octanol–water partition coefficient (Wildman–Crippen LogP) is 1.21. The maximum absolute atomic E-state index is 12.2. The summed E-state index contributed by atoms with van der Waals surface area (Å²) in [5.41, 5.74) is 0.163. The van der Waals surface area contributed by atoms with Crippen LogP contribution >= 0.6 is 11.3 Å². The van der Waals surface area contributed by atoms with Gasteiger partial charge in [0.25, 0.3) is 15.9 Å². The number of nitrogens with zero attached hydrogens (tertiary/aromatic N) is 1. The molecule has 3 heterocycles. The van der Waals surface area contributed by atoms with Crippen LogP contribution in [0.1, 0.15) is 27.4 Å². The molecular weight excluding hydrogens is 332 g/mol. The minimum absolute atomic E-state index is 0.0869. The Labute approximate surface area is 130 Å². The predicted molar refractivity (Wildman–Crippen MR) is 74.9 cm³/mol. The van der Waals surface area contributed by atoms with Crippen molar-refractivity contribution in [2.24, 2.45) is 0 Å². The van der Waals surface area contributed by atoms with Gasteiger partial charge in [-0.05, 0) is 13.0 Å². The highest BCUT2D eigenvalue weighted by molar-refractivity contribution is 7.92. The van der Waals surface area contributed by atoms with Crippen LogP contribution in [0.15, 0.2) is 27.2 Å². The molecule has 1 aliphatic rings. The Hall–Kier alpha value is -1.75. The highest BCUT2D eigenvalue weighted by atomic mass is 32.2. The summed E-state index contributed by atoms with van der Waals surface area (Å²) in [6.07, 6.45) is 1.83. The van der Waals surface area contributed by atoms with Gasteiger partial charge in [0, 0.05) is 0 Å². The van der Waals surface area contributed by atoms with Crippen molar-refractivity contribution in [1.82, 2.24) is 9.71 Å². The third-order valence-corrected chi connectivity index (χ3v) is 5.73. The van der Waals surface area contributed by atoms with Gasteiger partial charge in [0.2, 0.25) is 6.29 Å². The summed E-state index contributed by atoms with van der Waals surface area (Å²) in [6.45, 7) is 2.44. The molecule has 22 heavy (non-hydrogen) atoms. The lowest BCUT2D eigenvalue weighted by atomic mass is 10.2. The average molecular weight is 344 g/mol. The van der Waals surface area contributed by atoms with Gasteiger partial charge < -0.3 is 13.9 Å². The quantitative estimate of drug-likeness (QED) is 0.888. The number of carbonyl (C=O) groups is 1. The summed E-state index contributed by atoms with van der Waals surface area (Å²) in [6, 6.07) is 1.40. The van der Waals surface area contributed by atoms with Gasteiger partial charge in [-0.1, -0.05) is 0 Å². The van der Waals surface area contributed by atoms with Crippen molar-refractivity contribution in [3.63, 3.8) is 0 Å². The first-order valence-corrected chi connectivity index (χ1v) is 8.57. The molecule has 0 atom stereocenters. The lowest BCUT2D eigenvalue weighted by Gasteiger charge is -2.04. The number of amides is 1. The molecule has 1 N–H and O–H groups in total. The number of furan rings is 1. The summed E-state index contributed by atoms with van der Waals surface area (Å²) in [4.78, 5) is 15.9. The maximum Gasteiger partial charge on any atom is 0.275 e. The second-order valence-corrected chi connectivity index (χ2v) is 7.39. The van der Waals surface area contributed by atoms with Crippen molar-refractivity contribution in [1.29, 1.82) is 0 Å². The molecule has 0 bridgehead atoms. The van der Waals surface area contributed by atoms with Gasteiger partial charge >= 0.3 is 0 Å². The van der Waals surface area contributed by atoms with E-state index in [2.05, 4.69) is 4.98 Å². The van der Waals surface area contributed by atoms with Gasteiger partial charge in [0.05, 0.1) is 31.2 Å². The number of hydrogen-bond acceptors (Lipinski definition) is 8. The Morgan fingerprint density at radius 1 is 1.41 bits per heavy atom. The lowest BCUT2D eigenvalue weighted by Crippen LogP contribution is -2.30. The molecular formula is C12H12N2O6S2. The SMILES string of the molecule is Cc1occc1C(=O)NS(=O)(=O)c1cnc(C2OCCO2)s1. The van der Waals surface area contributed by atoms with Gasteiger partial charge in [0.15, 0.2) is 9.22 Å². The molecule has 10 heteroatoms.